The standard InChI is InChI=1S/C11H21NS/c1-6-8(3)11(10(5)12)13-9(4)7-2/h7,10H,6,12H2,1-5H3/b9-7-,11-8+. The maximum absolute atomic E-state index is 5.91. The number of allylic oxidation sites excluding steroid dienone is 3. The van der Waals surface area contributed by atoms with Crippen molar-refractivity contribution in [3.05, 3.63) is 21.5 Å². The van der Waals surface area contributed by atoms with Crippen molar-refractivity contribution in [2.75, 3.05) is 0 Å². The summed E-state index contributed by atoms with van der Waals surface area (Å²) in [4.78, 5) is 2.64. The molecular formula is C11H21NS. The Morgan fingerprint density at radius 1 is 1.46 bits per heavy atom. The summed E-state index contributed by atoms with van der Waals surface area (Å²) >= 11 is 1.80. The lowest BCUT2D eigenvalue weighted by Crippen LogP contribution is -2.17. The molecule has 0 aromatic rings. The Bertz CT molecular complexity index is 214. The fourth-order valence-electron chi connectivity index (χ4n) is 0.975. The number of hydrogen-bond donors (Lipinski definition) is 1. The molecule has 0 radical (unpaired) electrons. The first kappa shape index (κ1) is 12.8. The van der Waals surface area contributed by atoms with Crippen LogP contribution in [0.1, 0.15) is 41.0 Å². The van der Waals surface area contributed by atoms with Gasteiger partial charge in [0.05, 0.1) is 0 Å². The van der Waals surface area contributed by atoms with E-state index in [4.69, 9.17) is 5.73 Å². The van der Waals surface area contributed by atoms with Gasteiger partial charge in [-0.15, -0.1) is 0 Å². The predicted octanol–water partition coefficient (Wildman–Crippen LogP) is 3.67. The average molecular weight is 199 g/mol. The molecule has 0 bridgehead atoms. The van der Waals surface area contributed by atoms with E-state index < -0.39 is 0 Å². The van der Waals surface area contributed by atoms with Crippen LogP contribution in [0, 0.1) is 0 Å². The first-order valence-electron chi connectivity index (χ1n) is 4.78. The normalized spacial score (nSPS) is 16.9. The molecule has 0 spiro atoms. The number of rotatable bonds is 4. The zero-order valence-corrected chi connectivity index (χ0v) is 10.2. The maximum Gasteiger partial charge on any atom is 0.0329 e. The minimum atomic E-state index is 0.153. The molecule has 0 saturated heterocycles. The Morgan fingerprint density at radius 2 is 2.00 bits per heavy atom. The van der Waals surface area contributed by atoms with Gasteiger partial charge in [0.25, 0.3) is 0 Å². The molecule has 0 heterocycles. The van der Waals surface area contributed by atoms with Gasteiger partial charge in [0.15, 0.2) is 0 Å². The number of nitrogens with two attached hydrogens (primary N) is 1. The van der Waals surface area contributed by atoms with Gasteiger partial charge in [0.1, 0.15) is 0 Å². The van der Waals surface area contributed by atoms with Crippen molar-refractivity contribution < 1.29 is 0 Å². The van der Waals surface area contributed by atoms with E-state index in [0.717, 1.165) is 6.42 Å². The highest BCUT2D eigenvalue weighted by molar-refractivity contribution is 8.06. The molecule has 1 atom stereocenters. The van der Waals surface area contributed by atoms with E-state index in [1.54, 1.807) is 11.8 Å². The van der Waals surface area contributed by atoms with Gasteiger partial charge in [-0.05, 0) is 39.0 Å². The fraction of sp³-hybridized carbons (Fsp3) is 0.636. The first-order valence-corrected chi connectivity index (χ1v) is 5.60. The Kier molecular flexibility index (Phi) is 6.17. The van der Waals surface area contributed by atoms with E-state index in [2.05, 4.69) is 33.8 Å². The summed E-state index contributed by atoms with van der Waals surface area (Å²) in [5.41, 5.74) is 7.31. The van der Waals surface area contributed by atoms with Crippen LogP contribution in [0.5, 0.6) is 0 Å². The molecule has 13 heavy (non-hydrogen) atoms. The minimum Gasteiger partial charge on any atom is -0.324 e. The summed E-state index contributed by atoms with van der Waals surface area (Å²) < 4.78 is 0. The van der Waals surface area contributed by atoms with Gasteiger partial charge < -0.3 is 5.73 Å². The fourth-order valence-corrected chi connectivity index (χ4v) is 1.94. The lowest BCUT2D eigenvalue weighted by Gasteiger charge is -2.14. The summed E-state index contributed by atoms with van der Waals surface area (Å²) in [5.74, 6) is 0. The molecule has 2 N–H and O–H groups in total. The Hall–Kier alpha value is -0.210. The molecule has 2 heteroatoms. The molecule has 0 aromatic carbocycles. The summed E-state index contributed by atoms with van der Waals surface area (Å²) in [6.07, 6.45) is 3.21. The lowest BCUT2D eigenvalue weighted by atomic mass is 10.1. The maximum atomic E-state index is 5.91. The third kappa shape index (κ3) is 4.53. The molecule has 0 rings (SSSR count). The van der Waals surface area contributed by atoms with Crippen LogP contribution in [0.4, 0.5) is 0 Å². The summed E-state index contributed by atoms with van der Waals surface area (Å²) in [7, 11) is 0. The zero-order chi connectivity index (χ0) is 10.4. The number of hydrogen-bond acceptors (Lipinski definition) is 2. The lowest BCUT2D eigenvalue weighted by molar-refractivity contribution is 0.884. The van der Waals surface area contributed by atoms with Gasteiger partial charge in [0, 0.05) is 10.9 Å². The minimum absolute atomic E-state index is 0.153. The van der Waals surface area contributed by atoms with Crippen molar-refractivity contribution >= 4 is 11.8 Å². The molecule has 76 valence electrons. The quantitative estimate of drug-likeness (QED) is 0.747. The van der Waals surface area contributed by atoms with Crippen molar-refractivity contribution in [3.63, 3.8) is 0 Å². The van der Waals surface area contributed by atoms with Crippen molar-refractivity contribution in [1.29, 1.82) is 0 Å². The Morgan fingerprint density at radius 3 is 2.31 bits per heavy atom. The van der Waals surface area contributed by atoms with Crippen LogP contribution in [0.2, 0.25) is 0 Å². The SMILES string of the molecule is C/C=C(/C)S/C(=C(\C)CC)C(C)N. The van der Waals surface area contributed by atoms with E-state index in [9.17, 15) is 0 Å². The highest BCUT2D eigenvalue weighted by atomic mass is 32.2. The molecule has 1 nitrogen and oxygen atoms in total. The highest BCUT2D eigenvalue weighted by Crippen LogP contribution is 2.30. The molecule has 0 aromatic heterocycles. The van der Waals surface area contributed by atoms with Crippen LogP contribution >= 0.6 is 11.8 Å². The van der Waals surface area contributed by atoms with E-state index in [1.807, 2.05) is 6.92 Å². The molecule has 1 unspecified atom stereocenters. The molecule has 0 fully saturated rings. The Labute approximate surface area is 86.5 Å². The van der Waals surface area contributed by atoms with Crippen LogP contribution in [0.15, 0.2) is 21.5 Å². The Balaban J connectivity index is 4.64. The van der Waals surface area contributed by atoms with Crippen molar-refractivity contribution in [1.82, 2.24) is 0 Å². The van der Waals surface area contributed by atoms with Gasteiger partial charge in [-0.2, -0.15) is 0 Å². The zero-order valence-electron chi connectivity index (χ0n) is 9.35. The van der Waals surface area contributed by atoms with Crippen molar-refractivity contribution in [3.8, 4) is 0 Å². The molecule has 0 aliphatic heterocycles. The third-order valence-corrected chi connectivity index (χ3v) is 3.54. The molecule has 0 saturated carbocycles. The second-order valence-corrected chi connectivity index (χ2v) is 4.58. The molecular weight excluding hydrogens is 178 g/mol. The monoisotopic (exact) mass is 199 g/mol. The highest BCUT2D eigenvalue weighted by Gasteiger charge is 2.08. The van der Waals surface area contributed by atoms with Gasteiger partial charge in [-0.3, -0.25) is 0 Å². The van der Waals surface area contributed by atoms with Crippen LogP contribution in [-0.2, 0) is 0 Å². The molecule has 0 amide bonds. The second-order valence-electron chi connectivity index (χ2n) is 3.29. The average Bonchev–Trinajstić information content (AvgIpc) is 2.11. The second kappa shape index (κ2) is 6.28. The topological polar surface area (TPSA) is 26.0 Å². The van der Waals surface area contributed by atoms with Crippen LogP contribution < -0.4 is 5.73 Å². The molecule has 0 aliphatic rings. The van der Waals surface area contributed by atoms with Gasteiger partial charge >= 0.3 is 0 Å². The van der Waals surface area contributed by atoms with Gasteiger partial charge in [-0.25, -0.2) is 0 Å². The first-order chi connectivity index (χ1) is 6.02. The van der Waals surface area contributed by atoms with Crippen LogP contribution in [0.3, 0.4) is 0 Å². The molecule has 0 aliphatic carbocycles. The van der Waals surface area contributed by atoms with Crippen molar-refractivity contribution in [2.24, 2.45) is 5.73 Å². The van der Waals surface area contributed by atoms with Crippen LogP contribution in [-0.4, -0.2) is 6.04 Å². The largest absolute Gasteiger partial charge is 0.324 e. The summed E-state index contributed by atoms with van der Waals surface area (Å²) in [6, 6.07) is 0.153. The number of thioether (sulfide) groups is 1. The van der Waals surface area contributed by atoms with E-state index in [-0.39, 0.29) is 6.04 Å². The predicted molar refractivity (Wildman–Crippen MR) is 63.7 cm³/mol. The summed E-state index contributed by atoms with van der Waals surface area (Å²) in [6.45, 7) is 10.6. The summed E-state index contributed by atoms with van der Waals surface area (Å²) in [5, 5.41) is 0. The van der Waals surface area contributed by atoms with Gasteiger partial charge in [0.2, 0.25) is 0 Å². The van der Waals surface area contributed by atoms with Gasteiger partial charge in [-0.1, -0.05) is 30.3 Å². The van der Waals surface area contributed by atoms with Crippen molar-refractivity contribution in [2.45, 2.75) is 47.1 Å². The smallest absolute Gasteiger partial charge is 0.0329 e. The van der Waals surface area contributed by atoms with E-state index >= 15 is 0 Å². The third-order valence-electron chi connectivity index (χ3n) is 2.04. The van der Waals surface area contributed by atoms with E-state index in [1.165, 1.54) is 15.4 Å². The van der Waals surface area contributed by atoms with Crippen LogP contribution in [0.25, 0.3) is 0 Å². The van der Waals surface area contributed by atoms with E-state index in [0.29, 0.717) is 0 Å².